The van der Waals surface area contributed by atoms with Crippen LogP contribution < -0.4 is 5.73 Å². The van der Waals surface area contributed by atoms with Crippen LogP contribution in [0.3, 0.4) is 0 Å². The Bertz CT molecular complexity index is 647. The minimum Gasteiger partial charge on any atom is -0.330 e. The minimum atomic E-state index is -0.316. The third kappa shape index (κ3) is 3.01. The molecule has 3 nitrogen and oxygen atoms in total. The molecule has 2 rings (SSSR count). The minimum absolute atomic E-state index is 0.226. The van der Waals surface area contributed by atoms with E-state index in [1.165, 1.54) is 6.07 Å². The summed E-state index contributed by atoms with van der Waals surface area (Å²) in [5.74, 6) is 5.10. The first kappa shape index (κ1) is 13.3. The first-order valence-electron chi connectivity index (χ1n) is 6.07. The molecule has 0 saturated carbocycles. The number of aromatic nitrogens is 2. The molecule has 0 aliphatic carbocycles. The van der Waals surface area contributed by atoms with Crippen molar-refractivity contribution in [2.45, 2.75) is 20.4 Å². The van der Waals surface area contributed by atoms with Gasteiger partial charge in [-0.1, -0.05) is 17.9 Å². The van der Waals surface area contributed by atoms with Crippen LogP contribution in [0.4, 0.5) is 4.39 Å². The van der Waals surface area contributed by atoms with Gasteiger partial charge in [-0.05, 0) is 31.5 Å². The molecule has 0 unspecified atom stereocenters. The molecule has 1 aromatic heterocycles. The van der Waals surface area contributed by atoms with Crippen molar-refractivity contribution in [1.29, 1.82) is 0 Å². The highest BCUT2D eigenvalue weighted by Gasteiger charge is 2.05. The van der Waals surface area contributed by atoms with E-state index >= 15 is 0 Å². The molecule has 19 heavy (non-hydrogen) atoms. The molecule has 0 saturated heterocycles. The lowest BCUT2D eigenvalue weighted by atomic mass is 10.1. The van der Waals surface area contributed by atoms with E-state index in [4.69, 9.17) is 5.73 Å². The Hall–Kier alpha value is -2.12. The van der Waals surface area contributed by atoms with Crippen molar-refractivity contribution in [2.75, 3.05) is 6.54 Å². The number of aryl methyl sites for hydroxylation is 1. The zero-order valence-electron chi connectivity index (χ0n) is 11.1. The molecule has 0 aliphatic rings. The van der Waals surface area contributed by atoms with Gasteiger partial charge < -0.3 is 10.3 Å². The molecule has 98 valence electrons. The van der Waals surface area contributed by atoms with Crippen molar-refractivity contribution in [3.05, 3.63) is 52.9 Å². The fourth-order valence-corrected chi connectivity index (χ4v) is 1.81. The largest absolute Gasteiger partial charge is 0.330 e. The van der Waals surface area contributed by atoms with Gasteiger partial charge in [-0.2, -0.15) is 0 Å². The van der Waals surface area contributed by atoms with Gasteiger partial charge in [0.15, 0.2) is 0 Å². The third-order valence-electron chi connectivity index (χ3n) is 3.05. The summed E-state index contributed by atoms with van der Waals surface area (Å²) < 4.78 is 15.6. The summed E-state index contributed by atoms with van der Waals surface area (Å²) in [4.78, 5) is 4.25. The standard InChI is InChI=1S/C15H16FN3/c1-11-12(2)19(10-18-11)9-13-5-6-15(16)14(8-13)4-3-7-17/h5-6,8,10H,7,9,17H2,1-2H3. The maximum Gasteiger partial charge on any atom is 0.138 e. The molecular formula is C15H16FN3. The van der Waals surface area contributed by atoms with Gasteiger partial charge in [0.05, 0.1) is 24.1 Å². The lowest BCUT2D eigenvalue weighted by Crippen LogP contribution is -2.01. The smallest absolute Gasteiger partial charge is 0.138 e. The van der Waals surface area contributed by atoms with Crippen molar-refractivity contribution < 1.29 is 4.39 Å². The van der Waals surface area contributed by atoms with Crippen LogP contribution >= 0.6 is 0 Å². The summed E-state index contributed by atoms with van der Waals surface area (Å²) in [5.41, 5.74) is 8.79. The SMILES string of the molecule is Cc1ncn(Cc2ccc(F)c(C#CCN)c2)c1C. The Balaban J connectivity index is 2.29. The van der Waals surface area contributed by atoms with Gasteiger partial charge in [0, 0.05) is 12.2 Å². The number of nitrogens with two attached hydrogens (primary N) is 1. The van der Waals surface area contributed by atoms with Gasteiger partial charge in [-0.15, -0.1) is 0 Å². The Labute approximate surface area is 112 Å². The molecule has 0 amide bonds. The zero-order valence-corrected chi connectivity index (χ0v) is 11.1. The lowest BCUT2D eigenvalue weighted by Gasteiger charge is -2.06. The average molecular weight is 257 g/mol. The van der Waals surface area contributed by atoms with Gasteiger partial charge in [0.2, 0.25) is 0 Å². The predicted octanol–water partition coefficient (Wildman–Crippen LogP) is 2.00. The summed E-state index contributed by atoms with van der Waals surface area (Å²) in [7, 11) is 0. The highest BCUT2D eigenvalue weighted by Crippen LogP contribution is 2.13. The van der Waals surface area contributed by atoms with Gasteiger partial charge in [-0.25, -0.2) is 9.37 Å². The molecule has 0 spiro atoms. The number of rotatable bonds is 2. The fraction of sp³-hybridized carbons (Fsp3) is 0.267. The summed E-state index contributed by atoms with van der Waals surface area (Å²) in [6.07, 6.45) is 1.79. The van der Waals surface area contributed by atoms with Crippen molar-refractivity contribution in [2.24, 2.45) is 5.73 Å². The Morgan fingerprint density at radius 1 is 1.37 bits per heavy atom. The van der Waals surface area contributed by atoms with E-state index in [-0.39, 0.29) is 12.4 Å². The summed E-state index contributed by atoms with van der Waals surface area (Å²) in [6, 6.07) is 4.96. The van der Waals surface area contributed by atoms with Gasteiger partial charge >= 0.3 is 0 Å². The summed E-state index contributed by atoms with van der Waals surface area (Å²) >= 11 is 0. The second-order valence-corrected chi connectivity index (χ2v) is 4.36. The molecule has 0 fully saturated rings. The van der Waals surface area contributed by atoms with Crippen LogP contribution in [-0.4, -0.2) is 16.1 Å². The van der Waals surface area contributed by atoms with Crippen LogP contribution in [0.25, 0.3) is 0 Å². The van der Waals surface area contributed by atoms with E-state index in [1.54, 1.807) is 18.5 Å². The van der Waals surface area contributed by atoms with Crippen molar-refractivity contribution in [3.63, 3.8) is 0 Å². The molecule has 1 aromatic carbocycles. The van der Waals surface area contributed by atoms with Crippen LogP contribution in [0.1, 0.15) is 22.5 Å². The molecule has 1 heterocycles. The normalized spacial score (nSPS) is 10.1. The molecule has 0 bridgehead atoms. The molecule has 0 radical (unpaired) electrons. The number of imidazole rings is 1. The second kappa shape index (κ2) is 5.68. The van der Waals surface area contributed by atoms with Gasteiger partial charge in [0.1, 0.15) is 5.82 Å². The Morgan fingerprint density at radius 2 is 2.16 bits per heavy atom. The highest BCUT2D eigenvalue weighted by molar-refractivity contribution is 5.38. The number of hydrogen-bond acceptors (Lipinski definition) is 2. The molecule has 4 heteroatoms. The van der Waals surface area contributed by atoms with Crippen LogP contribution in [0.15, 0.2) is 24.5 Å². The van der Waals surface area contributed by atoms with E-state index in [0.29, 0.717) is 12.1 Å². The van der Waals surface area contributed by atoms with Crippen LogP contribution in [0.5, 0.6) is 0 Å². The molecule has 2 aromatic rings. The predicted molar refractivity (Wildman–Crippen MR) is 73.1 cm³/mol. The van der Waals surface area contributed by atoms with E-state index in [2.05, 4.69) is 16.8 Å². The van der Waals surface area contributed by atoms with Crippen molar-refractivity contribution in [3.8, 4) is 11.8 Å². The van der Waals surface area contributed by atoms with Gasteiger partial charge in [-0.3, -0.25) is 0 Å². The maximum absolute atomic E-state index is 13.6. The number of benzene rings is 1. The summed E-state index contributed by atoms with van der Waals surface area (Å²) in [5, 5.41) is 0. The van der Waals surface area contributed by atoms with Gasteiger partial charge in [0.25, 0.3) is 0 Å². The van der Waals surface area contributed by atoms with Crippen LogP contribution in [0, 0.1) is 31.5 Å². The van der Waals surface area contributed by atoms with E-state index < -0.39 is 0 Å². The first-order chi connectivity index (χ1) is 9.11. The van der Waals surface area contributed by atoms with Crippen LogP contribution in [-0.2, 0) is 6.54 Å². The monoisotopic (exact) mass is 257 g/mol. The third-order valence-corrected chi connectivity index (χ3v) is 3.05. The topological polar surface area (TPSA) is 43.8 Å². The van der Waals surface area contributed by atoms with Crippen molar-refractivity contribution in [1.82, 2.24) is 9.55 Å². The quantitative estimate of drug-likeness (QED) is 0.836. The number of nitrogens with zero attached hydrogens (tertiary/aromatic N) is 2. The summed E-state index contributed by atoms with van der Waals surface area (Å²) in [6.45, 7) is 4.86. The number of halogens is 1. The van der Waals surface area contributed by atoms with Crippen LogP contribution in [0.2, 0.25) is 0 Å². The van der Waals surface area contributed by atoms with Crippen molar-refractivity contribution >= 4 is 0 Å². The first-order valence-corrected chi connectivity index (χ1v) is 6.07. The fourth-order valence-electron chi connectivity index (χ4n) is 1.81. The number of hydrogen-bond donors (Lipinski definition) is 1. The molecule has 0 aliphatic heterocycles. The second-order valence-electron chi connectivity index (χ2n) is 4.36. The van der Waals surface area contributed by atoms with E-state index in [1.807, 2.05) is 18.4 Å². The average Bonchev–Trinajstić information content (AvgIpc) is 2.71. The van der Waals surface area contributed by atoms with E-state index in [9.17, 15) is 4.39 Å². The lowest BCUT2D eigenvalue weighted by molar-refractivity contribution is 0.622. The molecular weight excluding hydrogens is 241 g/mol. The van der Waals surface area contributed by atoms with E-state index in [0.717, 1.165) is 17.0 Å². The zero-order chi connectivity index (χ0) is 13.8. The molecule has 0 atom stereocenters. The Kier molecular flexibility index (Phi) is 3.98. The Morgan fingerprint density at radius 3 is 2.79 bits per heavy atom. The molecule has 2 N–H and O–H groups in total. The highest BCUT2D eigenvalue weighted by atomic mass is 19.1. The maximum atomic E-state index is 13.6.